The average Bonchev–Trinajstić information content (AvgIpc) is 2.52. The molecular formula is C15H10Br2N2O3. The third kappa shape index (κ3) is 3.29. The van der Waals surface area contributed by atoms with Gasteiger partial charge in [-0.25, -0.2) is 4.79 Å². The Morgan fingerprint density at radius 3 is 2.45 bits per heavy atom. The van der Waals surface area contributed by atoms with Crippen LogP contribution in [0.3, 0.4) is 0 Å². The van der Waals surface area contributed by atoms with Crippen LogP contribution in [0.5, 0.6) is 0 Å². The molecule has 22 heavy (non-hydrogen) atoms. The SMILES string of the molecule is N#Cc1ccc(Cn2c(CBr)c(C(=O)O)cc(Br)c2=O)cc1. The molecule has 2 aromatic rings. The van der Waals surface area contributed by atoms with Crippen molar-refractivity contribution >= 4 is 37.8 Å². The highest BCUT2D eigenvalue weighted by atomic mass is 79.9. The Labute approximate surface area is 143 Å². The molecule has 0 unspecified atom stereocenters. The molecular weight excluding hydrogens is 416 g/mol. The number of halogens is 2. The minimum atomic E-state index is -1.09. The van der Waals surface area contributed by atoms with E-state index in [1.807, 2.05) is 6.07 Å². The van der Waals surface area contributed by atoms with Crippen molar-refractivity contribution in [3.8, 4) is 6.07 Å². The zero-order valence-electron chi connectivity index (χ0n) is 11.2. The molecule has 0 radical (unpaired) electrons. The standard InChI is InChI=1S/C15H10Br2N2O3/c16-6-13-11(15(21)22)5-12(17)14(20)19(13)8-10-3-1-9(7-18)2-4-10/h1-5H,6,8H2,(H,21,22). The van der Waals surface area contributed by atoms with Crippen LogP contribution in [0.25, 0.3) is 0 Å². The van der Waals surface area contributed by atoms with E-state index in [-0.39, 0.29) is 27.5 Å². The summed E-state index contributed by atoms with van der Waals surface area (Å²) in [6.07, 6.45) is 0. The molecule has 0 atom stereocenters. The first-order valence-electron chi connectivity index (χ1n) is 6.18. The van der Waals surface area contributed by atoms with E-state index in [0.717, 1.165) is 5.56 Å². The molecule has 112 valence electrons. The van der Waals surface area contributed by atoms with E-state index < -0.39 is 5.97 Å². The number of pyridine rings is 1. The van der Waals surface area contributed by atoms with E-state index in [0.29, 0.717) is 11.3 Å². The van der Waals surface area contributed by atoms with Gasteiger partial charge in [0, 0.05) is 11.0 Å². The third-order valence-electron chi connectivity index (χ3n) is 3.14. The number of aromatic nitrogens is 1. The first kappa shape index (κ1) is 16.5. The molecule has 0 saturated heterocycles. The minimum absolute atomic E-state index is 0.0667. The Kier molecular flexibility index (Phi) is 5.16. The van der Waals surface area contributed by atoms with Crippen LogP contribution in [-0.4, -0.2) is 15.6 Å². The first-order valence-corrected chi connectivity index (χ1v) is 8.10. The van der Waals surface area contributed by atoms with Gasteiger partial charge in [-0.15, -0.1) is 0 Å². The number of hydrogen-bond donors (Lipinski definition) is 1. The van der Waals surface area contributed by atoms with E-state index in [1.165, 1.54) is 10.6 Å². The monoisotopic (exact) mass is 424 g/mol. The molecule has 0 amide bonds. The summed E-state index contributed by atoms with van der Waals surface area (Å²) in [5.74, 6) is -1.09. The molecule has 1 aromatic carbocycles. The molecule has 1 aromatic heterocycles. The lowest BCUT2D eigenvalue weighted by Gasteiger charge is -2.14. The van der Waals surface area contributed by atoms with Crippen LogP contribution in [0.2, 0.25) is 0 Å². The van der Waals surface area contributed by atoms with Crippen LogP contribution >= 0.6 is 31.9 Å². The Morgan fingerprint density at radius 2 is 1.95 bits per heavy atom. The molecule has 0 saturated carbocycles. The van der Waals surface area contributed by atoms with Gasteiger partial charge in [-0.05, 0) is 39.7 Å². The van der Waals surface area contributed by atoms with E-state index in [9.17, 15) is 14.7 Å². The van der Waals surface area contributed by atoms with Crippen molar-refractivity contribution in [3.63, 3.8) is 0 Å². The Bertz CT molecular complexity index is 820. The number of nitriles is 1. The lowest BCUT2D eigenvalue weighted by Crippen LogP contribution is -2.27. The molecule has 0 bridgehead atoms. The second-order valence-electron chi connectivity index (χ2n) is 4.49. The predicted octanol–water partition coefficient (Wildman–Crippen LogP) is 3.12. The van der Waals surface area contributed by atoms with E-state index >= 15 is 0 Å². The van der Waals surface area contributed by atoms with Crippen molar-refractivity contribution in [3.05, 3.63) is 67.5 Å². The summed E-state index contributed by atoms with van der Waals surface area (Å²) in [6.45, 7) is 0.227. The maximum absolute atomic E-state index is 12.3. The van der Waals surface area contributed by atoms with Crippen LogP contribution in [0.15, 0.2) is 39.6 Å². The molecule has 0 fully saturated rings. The van der Waals surface area contributed by atoms with E-state index in [1.54, 1.807) is 24.3 Å². The fourth-order valence-corrected chi connectivity index (χ4v) is 3.08. The van der Waals surface area contributed by atoms with Gasteiger partial charge >= 0.3 is 5.97 Å². The summed E-state index contributed by atoms with van der Waals surface area (Å²) >= 11 is 6.35. The molecule has 0 aliphatic carbocycles. The second kappa shape index (κ2) is 6.90. The summed E-state index contributed by atoms with van der Waals surface area (Å²) in [5.41, 5.74) is 1.49. The summed E-state index contributed by atoms with van der Waals surface area (Å²) in [7, 11) is 0. The Balaban J connectivity index is 2.55. The van der Waals surface area contributed by atoms with Gasteiger partial charge in [0.05, 0.1) is 28.2 Å². The number of rotatable bonds is 4. The van der Waals surface area contributed by atoms with Gasteiger partial charge < -0.3 is 9.67 Å². The number of hydrogen-bond acceptors (Lipinski definition) is 3. The number of carboxylic acid groups (broad SMARTS) is 1. The maximum atomic E-state index is 12.3. The van der Waals surface area contributed by atoms with Crippen molar-refractivity contribution in [2.75, 3.05) is 0 Å². The highest BCUT2D eigenvalue weighted by Crippen LogP contribution is 2.17. The lowest BCUT2D eigenvalue weighted by atomic mass is 10.1. The average molecular weight is 426 g/mol. The predicted molar refractivity (Wildman–Crippen MR) is 88.3 cm³/mol. The van der Waals surface area contributed by atoms with Crippen molar-refractivity contribution in [2.24, 2.45) is 0 Å². The molecule has 5 nitrogen and oxygen atoms in total. The van der Waals surface area contributed by atoms with Crippen molar-refractivity contribution in [1.29, 1.82) is 5.26 Å². The van der Waals surface area contributed by atoms with Gasteiger partial charge in [0.1, 0.15) is 0 Å². The largest absolute Gasteiger partial charge is 0.478 e. The molecule has 1 N–H and O–H groups in total. The lowest BCUT2D eigenvalue weighted by molar-refractivity contribution is 0.0694. The van der Waals surface area contributed by atoms with Crippen LogP contribution in [-0.2, 0) is 11.9 Å². The molecule has 0 aliphatic rings. The highest BCUT2D eigenvalue weighted by Gasteiger charge is 2.17. The highest BCUT2D eigenvalue weighted by molar-refractivity contribution is 9.10. The molecule has 2 rings (SSSR count). The Morgan fingerprint density at radius 1 is 1.32 bits per heavy atom. The van der Waals surface area contributed by atoms with Crippen molar-refractivity contribution in [2.45, 2.75) is 11.9 Å². The smallest absolute Gasteiger partial charge is 0.337 e. The van der Waals surface area contributed by atoms with Gasteiger partial charge in [-0.1, -0.05) is 28.1 Å². The second-order valence-corrected chi connectivity index (χ2v) is 5.91. The first-order chi connectivity index (χ1) is 10.5. The quantitative estimate of drug-likeness (QED) is 0.762. The van der Waals surface area contributed by atoms with Gasteiger partial charge in [-0.3, -0.25) is 4.79 Å². The summed E-state index contributed by atoms with van der Waals surface area (Å²) < 4.78 is 1.60. The van der Waals surface area contributed by atoms with Crippen LogP contribution in [0.4, 0.5) is 0 Å². The third-order valence-corrected chi connectivity index (χ3v) is 4.24. The Hall–Kier alpha value is -1.91. The maximum Gasteiger partial charge on any atom is 0.337 e. The number of carbonyl (C=O) groups is 1. The van der Waals surface area contributed by atoms with Gasteiger partial charge in [-0.2, -0.15) is 5.26 Å². The number of aromatic carboxylic acids is 1. The normalized spacial score (nSPS) is 10.2. The molecule has 0 spiro atoms. The number of carboxylic acids is 1. The van der Waals surface area contributed by atoms with Crippen molar-refractivity contribution < 1.29 is 9.90 Å². The minimum Gasteiger partial charge on any atom is -0.478 e. The number of alkyl halides is 1. The number of nitrogens with zero attached hydrogens (tertiary/aromatic N) is 2. The number of benzene rings is 1. The van der Waals surface area contributed by atoms with Crippen LogP contribution in [0.1, 0.15) is 27.2 Å². The molecule has 7 heteroatoms. The zero-order chi connectivity index (χ0) is 16.3. The summed E-state index contributed by atoms with van der Waals surface area (Å²) in [5, 5.41) is 18.3. The van der Waals surface area contributed by atoms with Gasteiger partial charge in [0.25, 0.3) is 5.56 Å². The fraction of sp³-hybridized carbons (Fsp3) is 0.133. The van der Waals surface area contributed by atoms with Crippen LogP contribution in [0, 0.1) is 11.3 Å². The molecule has 0 aliphatic heterocycles. The van der Waals surface area contributed by atoms with Crippen molar-refractivity contribution in [1.82, 2.24) is 4.57 Å². The topological polar surface area (TPSA) is 83.1 Å². The van der Waals surface area contributed by atoms with Gasteiger partial charge in [0.15, 0.2) is 0 Å². The van der Waals surface area contributed by atoms with Crippen LogP contribution < -0.4 is 5.56 Å². The van der Waals surface area contributed by atoms with E-state index in [4.69, 9.17) is 5.26 Å². The zero-order valence-corrected chi connectivity index (χ0v) is 14.4. The van der Waals surface area contributed by atoms with E-state index in [2.05, 4.69) is 31.9 Å². The fourth-order valence-electron chi connectivity index (χ4n) is 2.03. The summed E-state index contributed by atoms with van der Waals surface area (Å²) in [6, 6.07) is 10.1. The summed E-state index contributed by atoms with van der Waals surface area (Å²) in [4.78, 5) is 23.6. The van der Waals surface area contributed by atoms with Gasteiger partial charge in [0.2, 0.25) is 0 Å². The molecule has 1 heterocycles.